The van der Waals surface area contributed by atoms with Crippen molar-refractivity contribution in [2.45, 2.75) is 238 Å². The molecule has 0 saturated heterocycles. The summed E-state index contributed by atoms with van der Waals surface area (Å²) in [5, 5.41) is 28.2. The minimum atomic E-state index is -1.52. The zero-order valence-corrected chi connectivity index (χ0v) is 49.2. The Balaban J connectivity index is 1.38. The molecule has 2 aliphatic carbocycles. The molecule has 14 heteroatoms. The number of carbonyl (C=O) groups excluding carboxylic acids is 2. The second-order valence-corrected chi connectivity index (χ2v) is 23.6. The molecule has 442 valence electrons. The van der Waals surface area contributed by atoms with Crippen LogP contribution in [0.5, 0.6) is 23.0 Å². The lowest BCUT2D eigenvalue weighted by atomic mass is 9.55. The van der Waals surface area contributed by atoms with Crippen LogP contribution in [-0.2, 0) is 20.9 Å². The summed E-state index contributed by atoms with van der Waals surface area (Å²) in [6, 6.07) is 10.5. The van der Waals surface area contributed by atoms with E-state index in [2.05, 4.69) is 31.8 Å². The second kappa shape index (κ2) is 33.8. The Morgan fingerprint density at radius 3 is 2.04 bits per heavy atom. The summed E-state index contributed by atoms with van der Waals surface area (Å²) in [6.45, 7) is 15.8. The van der Waals surface area contributed by atoms with Crippen molar-refractivity contribution in [1.82, 2.24) is 10.2 Å². The van der Waals surface area contributed by atoms with Crippen LogP contribution in [-0.4, -0.2) is 90.2 Å². The fourth-order valence-electron chi connectivity index (χ4n) is 12.2. The summed E-state index contributed by atoms with van der Waals surface area (Å²) in [5.74, 6) is -0.225. The van der Waals surface area contributed by atoms with E-state index < -0.39 is 35.5 Å². The SMILES string of the molecule is C=CCOC12Oc3ccc(OC(=O)NCCCCCCCCCCCC)cc3C3C(CCCCO)C(CCCCO)C=C(C(=NOC(C)(C)C)CC1N(Cc1ccc4c(c1)OCO4)C(=O)OCCCCCCCCCCCC)C32. The highest BCUT2D eigenvalue weighted by molar-refractivity contribution is 6.03. The maximum Gasteiger partial charge on any atom is 0.412 e. The van der Waals surface area contributed by atoms with Gasteiger partial charge in [0.05, 0.1) is 24.8 Å². The fourth-order valence-corrected chi connectivity index (χ4v) is 12.2. The van der Waals surface area contributed by atoms with Crippen LogP contribution in [0.15, 0.2) is 65.9 Å². The molecular weight excluding hydrogens is 999 g/mol. The third kappa shape index (κ3) is 19.2. The number of rotatable bonds is 38. The number of fused-ring (bicyclic) bond motifs is 3. The van der Waals surface area contributed by atoms with Gasteiger partial charge in [0.15, 0.2) is 11.5 Å². The number of carbonyl (C=O) groups is 2. The molecule has 2 aromatic rings. The van der Waals surface area contributed by atoms with E-state index in [1.807, 2.05) is 51.1 Å². The lowest BCUT2D eigenvalue weighted by Crippen LogP contribution is -2.70. The van der Waals surface area contributed by atoms with Crippen molar-refractivity contribution in [3.05, 3.63) is 71.8 Å². The molecule has 0 aromatic heterocycles. The third-order valence-electron chi connectivity index (χ3n) is 16.2. The molecule has 14 nitrogen and oxygen atoms in total. The molecule has 1 saturated carbocycles. The van der Waals surface area contributed by atoms with Crippen molar-refractivity contribution >= 4 is 17.9 Å². The summed E-state index contributed by atoms with van der Waals surface area (Å²) >= 11 is 0. The topological polar surface area (TPSA) is 167 Å². The van der Waals surface area contributed by atoms with Gasteiger partial charge in [-0.15, -0.1) is 6.58 Å². The number of amides is 2. The summed E-state index contributed by atoms with van der Waals surface area (Å²) in [6.07, 6.45) is 31.3. The summed E-state index contributed by atoms with van der Waals surface area (Å²) < 4.78 is 38.8. The van der Waals surface area contributed by atoms with Crippen molar-refractivity contribution in [2.75, 3.05) is 39.8 Å². The minimum absolute atomic E-state index is 0.0191. The zero-order valence-electron chi connectivity index (χ0n) is 49.2. The first-order valence-corrected chi connectivity index (χ1v) is 31.0. The largest absolute Gasteiger partial charge is 0.459 e. The summed E-state index contributed by atoms with van der Waals surface area (Å²) in [5.41, 5.74) is 2.61. The molecule has 6 atom stereocenters. The lowest BCUT2D eigenvalue weighted by molar-refractivity contribution is -0.256. The zero-order chi connectivity index (χ0) is 56.3. The molecular formula is C65H101N3O11. The Labute approximate surface area is 474 Å². The number of aliphatic hydroxyl groups is 2. The van der Waals surface area contributed by atoms with Gasteiger partial charge < -0.3 is 48.8 Å². The molecule has 3 N–H and O–H groups in total. The first kappa shape index (κ1) is 63.4. The molecule has 2 aliphatic heterocycles. The molecule has 2 amide bonds. The molecule has 6 rings (SSSR count). The maximum atomic E-state index is 15.3. The van der Waals surface area contributed by atoms with Crippen molar-refractivity contribution in [3.8, 4) is 23.0 Å². The highest BCUT2D eigenvalue weighted by Gasteiger charge is 2.66. The summed E-state index contributed by atoms with van der Waals surface area (Å²) in [7, 11) is 0. The van der Waals surface area contributed by atoms with Gasteiger partial charge in [-0.2, -0.15) is 0 Å². The van der Waals surface area contributed by atoms with Crippen LogP contribution >= 0.6 is 0 Å². The predicted octanol–water partition coefficient (Wildman–Crippen LogP) is 15.4. The summed E-state index contributed by atoms with van der Waals surface area (Å²) in [4.78, 5) is 36.9. The molecule has 1 fully saturated rings. The van der Waals surface area contributed by atoms with Gasteiger partial charge >= 0.3 is 12.2 Å². The molecule has 0 spiro atoms. The lowest BCUT2D eigenvalue weighted by Gasteiger charge is -2.60. The van der Waals surface area contributed by atoms with Gasteiger partial charge in [0.1, 0.15) is 23.1 Å². The first-order chi connectivity index (χ1) is 38.5. The van der Waals surface area contributed by atoms with Gasteiger partial charge in [0, 0.05) is 44.2 Å². The van der Waals surface area contributed by atoms with Gasteiger partial charge in [-0.1, -0.05) is 166 Å². The number of unbranched alkanes of at least 4 members (excludes halogenated alkanes) is 20. The number of oxime groups is 1. The standard InChI is InChI=1S/C65H101N3O11/c1-7-10-12-14-16-18-20-22-24-28-38-66-62(71)77-51-35-37-56-54(45-51)60-52(33-27-30-40-70)50(32-26-29-39-69)44-53-55(67-79-64(4,5)6)46-59(65(78-56,61(53)60)76-41-9-3)68(47-49-34-36-57-58(43-49)75-48-74-57)63(72)73-42-31-25-23-21-19-17-15-13-11-8-2/h9,34-37,43-45,50,52,59-61,69-70H,3,7-8,10-33,38-42,46-48H2,1-2,4-6H3,(H,66,71). The molecule has 2 heterocycles. The fraction of sp³-hybridized carbons (Fsp3) is 0.708. The monoisotopic (exact) mass is 1100 g/mol. The molecule has 0 radical (unpaired) electrons. The number of hydrogen-bond donors (Lipinski definition) is 3. The molecule has 6 unspecified atom stereocenters. The smallest absolute Gasteiger partial charge is 0.412 e. The Kier molecular flexibility index (Phi) is 27.2. The molecule has 79 heavy (non-hydrogen) atoms. The number of allylic oxidation sites excluding steroid dienone is 1. The Hall–Kier alpha value is -4.79. The number of benzene rings is 2. The third-order valence-corrected chi connectivity index (χ3v) is 16.2. The van der Waals surface area contributed by atoms with E-state index in [0.717, 1.165) is 80.9 Å². The van der Waals surface area contributed by atoms with Crippen molar-refractivity contribution in [2.24, 2.45) is 22.9 Å². The Bertz CT molecular complexity index is 2210. The molecule has 2 aromatic carbocycles. The van der Waals surface area contributed by atoms with Crippen LogP contribution in [0.2, 0.25) is 0 Å². The Morgan fingerprint density at radius 2 is 1.39 bits per heavy atom. The van der Waals surface area contributed by atoms with E-state index in [9.17, 15) is 15.0 Å². The normalized spacial score (nSPS) is 21.4. The van der Waals surface area contributed by atoms with Crippen molar-refractivity contribution in [3.63, 3.8) is 0 Å². The Morgan fingerprint density at radius 1 is 0.772 bits per heavy atom. The van der Waals surface area contributed by atoms with E-state index in [-0.39, 0.29) is 63.9 Å². The number of aliphatic hydroxyl groups excluding tert-OH is 2. The highest BCUT2D eigenvalue weighted by Crippen LogP contribution is 2.62. The van der Waals surface area contributed by atoms with Gasteiger partial charge in [-0.25, -0.2) is 9.59 Å². The second-order valence-electron chi connectivity index (χ2n) is 23.6. The highest BCUT2D eigenvalue weighted by atomic mass is 16.7. The van der Waals surface area contributed by atoms with Gasteiger partial charge in [0.25, 0.3) is 0 Å². The average molecular weight is 1100 g/mol. The van der Waals surface area contributed by atoms with Gasteiger partial charge in [0.2, 0.25) is 12.6 Å². The van der Waals surface area contributed by atoms with Gasteiger partial charge in [-0.05, 0) is 113 Å². The number of ether oxygens (including phenoxy) is 6. The van der Waals surface area contributed by atoms with E-state index in [4.69, 9.17) is 38.4 Å². The van der Waals surface area contributed by atoms with E-state index in [0.29, 0.717) is 48.1 Å². The number of nitrogens with one attached hydrogen (secondary N) is 1. The maximum absolute atomic E-state index is 15.3. The van der Waals surface area contributed by atoms with Crippen molar-refractivity contribution < 1.29 is 53.1 Å². The quantitative estimate of drug-likeness (QED) is 0.0333. The van der Waals surface area contributed by atoms with Crippen LogP contribution in [0.25, 0.3) is 0 Å². The van der Waals surface area contributed by atoms with Crippen LogP contribution in [0.4, 0.5) is 9.59 Å². The van der Waals surface area contributed by atoms with Crippen molar-refractivity contribution in [1.29, 1.82) is 0 Å². The van der Waals surface area contributed by atoms with Crippen LogP contribution in [0.1, 0.15) is 225 Å². The van der Waals surface area contributed by atoms with E-state index in [1.54, 1.807) is 17.0 Å². The number of hydrogen-bond acceptors (Lipinski definition) is 12. The number of nitrogens with zero attached hydrogens (tertiary/aromatic N) is 2. The van der Waals surface area contributed by atoms with Gasteiger partial charge in [-0.3, -0.25) is 4.90 Å². The van der Waals surface area contributed by atoms with Crippen LogP contribution < -0.4 is 24.3 Å². The van der Waals surface area contributed by atoms with Crippen LogP contribution in [0, 0.1) is 17.8 Å². The van der Waals surface area contributed by atoms with E-state index in [1.165, 1.54) is 89.9 Å². The van der Waals surface area contributed by atoms with Crippen LogP contribution in [0.3, 0.4) is 0 Å². The molecule has 0 bridgehead atoms. The predicted molar refractivity (Wildman–Crippen MR) is 313 cm³/mol. The minimum Gasteiger partial charge on any atom is -0.459 e. The average Bonchev–Trinajstić information content (AvgIpc) is 4.07. The van der Waals surface area contributed by atoms with E-state index >= 15 is 4.79 Å². The molecule has 4 aliphatic rings. The first-order valence-electron chi connectivity index (χ1n) is 31.0.